The van der Waals surface area contributed by atoms with Crippen molar-refractivity contribution in [1.29, 1.82) is 0 Å². The maximum atomic E-state index is 12.2. The minimum absolute atomic E-state index is 0.564. The van der Waals surface area contributed by atoms with E-state index in [1.807, 2.05) is 0 Å². The first-order valence-corrected chi connectivity index (χ1v) is 7.86. The van der Waals surface area contributed by atoms with Crippen molar-refractivity contribution in [3.63, 3.8) is 0 Å². The number of hydrogen-bond acceptors (Lipinski definition) is 9. The summed E-state index contributed by atoms with van der Waals surface area (Å²) in [6.45, 7) is 5.02. The summed E-state index contributed by atoms with van der Waals surface area (Å²) in [5.41, 5.74) is -0.950. The van der Waals surface area contributed by atoms with E-state index in [1.54, 1.807) is 20.8 Å². The molecule has 1 aliphatic heterocycles. The van der Waals surface area contributed by atoms with E-state index < -0.39 is 66.8 Å². The molecule has 0 aromatic heterocycles. The van der Waals surface area contributed by atoms with Crippen LogP contribution in [-0.2, 0) is 19.1 Å². The highest BCUT2D eigenvalue weighted by Crippen LogP contribution is 2.32. The van der Waals surface area contributed by atoms with Crippen molar-refractivity contribution in [2.45, 2.75) is 76.0 Å². The van der Waals surface area contributed by atoms with Crippen molar-refractivity contribution in [3.8, 4) is 0 Å². The summed E-state index contributed by atoms with van der Waals surface area (Å²) in [4.78, 5) is 23.6. The van der Waals surface area contributed by atoms with Crippen LogP contribution in [-0.4, -0.2) is 85.9 Å². The molecule has 1 saturated heterocycles. The molecule has 10 heteroatoms. The number of esters is 1. The fourth-order valence-electron chi connectivity index (χ4n) is 2.49. The highest BCUT2D eigenvalue weighted by Gasteiger charge is 2.55. The second kappa shape index (κ2) is 7.94. The third kappa shape index (κ3) is 5.59. The quantitative estimate of drug-likeness (QED) is 0.286. The molecule has 1 amide bonds. The lowest BCUT2D eigenvalue weighted by Gasteiger charge is -2.45. The predicted octanol–water partition coefficient (Wildman–Crippen LogP) is -2.61. The van der Waals surface area contributed by atoms with Crippen molar-refractivity contribution in [1.82, 2.24) is 5.32 Å². The summed E-state index contributed by atoms with van der Waals surface area (Å²) in [6.07, 6.45) is -7.17. The van der Waals surface area contributed by atoms with Gasteiger partial charge in [-0.05, 0) is 20.8 Å². The third-order valence-electron chi connectivity index (χ3n) is 3.59. The second-order valence-corrected chi connectivity index (χ2v) is 7.11. The number of aliphatic hydroxyl groups excluding tert-OH is 4. The van der Waals surface area contributed by atoms with Crippen LogP contribution in [0.1, 0.15) is 34.1 Å². The van der Waals surface area contributed by atoms with Gasteiger partial charge in [0, 0.05) is 13.3 Å². The van der Waals surface area contributed by atoms with Crippen LogP contribution >= 0.6 is 0 Å². The van der Waals surface area contributed by atoms with Gasteiger partial charge < -0.3 is 40.3 Å². The SMILES string of the molecule is CC(=O)N[C@H]1[C@H]([C@H](O)[C@H](O)CO)OC(O)(C(=O)OC(C)(C)C)C[C@@H]1O. The molecule has 1 fully saturated rings. The lowest BCUT2D eigenvalue weighted by molar-refractivity contribution is -0.300. The van der Waals surface area contributed by atoms with Gasteiger partial charge in [-0.2, -0.15) is 0 Å². The maximum absolute atomic E-state index is 12.2. The Kier molecular flexibility index (Phi) is 6.90. The summed E-state index contributed by atoms with van der Waals surface area (Å²) in [5, 5.41) is 51.8. The van der Waals surface area contributed by atoms with Crippen molar-refractivity contribution in [3.05, 3.63) is 0 Å². The van der Waals surface area contributed by atoms with E-state index in [9.17, 15) is 30.0 Å². The first-order chi connectivity index (χ1) is 11.3. The zero-order valence-electron chi connectivity index (χ0n) is 14.7. The highest BCUT2D eigenvalue weighted by molar-refractivity contribution is 5.78. The number of hydrogen-bond donors (Lipinski definition) is 6. The molecule has 0 spiro atoms. The lowest BCUT2D eigenvalue weighted by Crippen LogP contribution is -2.67. The topological polar surface area (TPSA) is 166 Å². The molecule has 0 aliphatic carbocycles. The van der Waals surface area contributed by atoms with E-state index in [4.69, 9.17) is 14.6 Å². The van der Waals surface area contributed by atoms with Crippen LogP contribution in [0, 0.1) is 0 Å². The van der Waals surface area contributed by atoms with Crippen molar-refractivity contribution >= 4 is 11.9 Å². The highest BCUT2D eigenvalue weighted by atomic mass is 16.7. The smallest absolute Gasteiger partial charge is 0.367 e. The molecule has 0 bridgehead atoms. The average Bonchev–Trinajstić information content (AvgIpc) is 2.46. The predicted molar refractivity (Wildman–Crippen MR) is 83.0 cm³/mol. The Balaban J connectivity index is 3.12. The normalized spacial score (nSPS) is 32.6. The Bertz CT molecular complexity index is 492. The van der Waals surface area contributed by atoms with E-state index in [0.29, 0.717) is 0 Å². The molecule has 1 heterocycles. The molecule has 0 radical (unpaired) electrons. The number of aliphatic hydroxyl groups is 5. The third-order valence-corrected chi connectivity index (χ3v) is 3.59. The molecule has 1 unspecified atom stereocenters. The summed E-state index contributed by atoms with van der Waals surface area (Å²) >= 11 is 0. The number of carbonyl (C=O) groups is 2. The molecule has 0 aromatic rings. The zero-order chi connectivity index (χ0) is 19.6. The Hall–Kier alpha value is -1.30. The van der Waals surface area contributed by atoms with Crippen LogP contribution in [0.25, 0.3) is 0 Å². The zero-order valence-corrected chi connectivity index (χ0v) is 14.7. The Morgan fingerprint density at radius 3 is 2.36 bits per heavy atom. The van der Waals surface area contributed by atoms with Crippen LogP contribution in [0.15, 0.2) is 0 Å². The molecule has 25 heavy (non-hydrogen) atoms. The lowest BCUT2D eigenvalue weighted by atomic mass is 9.88. The molecule has 10 nitrogen and oxygen atoms in total. The maximum Gasteiger partial charge on any atom is 0.367 e. The van der Waals surface area contributed by atoms with E-state index in [0.717, 1.165) is 6.92 Å². The largest absolute Gasteiger partial charge is 0.456 e. The average molecular weight is 365 g/mol. The monoisotopic (exact) mass is 365 g/mol. The van der Waals surface area contributed by atoms with E-state index in [-0.39, 0.29) is 0 Å². The van der Waals surface area contributed by atoms with E-state index >= 15 is 0 Å². The summed E-state index contributed by atoms with van der Waals surface area (Å²) in [5.74, 6) is -4.34. The van der Waals surface area contributed by atoms with Crippen LogP contribution in [0.5, 0.6) is 0 Å². The van der Waals surface area contributed by atoms with Gasteiger partial charge in [0.2, 0.25) is 5.91 Å². The molecule has 146 valence electrons. The first kappa shape index (κ1) is 21.7. The van der Waals surface area contributed by atoms with Gasteiger partial charge in [0.05, 0.1) is 18.8 Å². The van der Waals surface area contributed by atoms with Gasteiger partial charge in [-0.25, -0.2) is 4.79 Å². The molecule has 0 aromatic carbocycles. The van der Waals surface area contributed by atoms with Crippen molar-refractivity contribution in [2.75, 3.05) is 6.61 Å². The first-order valence-electron chi connectivity index (χ1n) is 7.86. The number of carbonyl (C=O) groups excluding carboxylic acids is 2. The fourth-order valence-corrected chi connectivity index (χ4v) is 2.49. The minimum Gasteiger partial charge on any atom is -0.456 e. The van der Waals surface area contributed by atoms with Crippen LogP contribution in [0.4, 0.5) is 0 Å². The Labute approximate surface area is 145 Å². The van der Waals surface area contributed by atoms with Gasteiger partial charge >= 0.3 is 5.97 Å². The molecule has 6 atom stereocenters. The van der Waals surface area contributed by atoms with Crippen LogP contribution < -0.4 is 5.32 Å². The van der Waals surface area contributed by atoms with Gasteiger partial charge in [-0.1, -0.05) is 0 Å². The molecule has 1 aliphatic rings. The Morgan fingerprint density at radius 2 is 1.92 bits per heavy atom. The fraction of sp³-hybridized carbons (Fsp3) is 0.867. The van der Waals surface area contributed by atoms with Gasteiger partial charge in [-0.3, -0.25) is 4.79 Å². The molecular weight excluding hydrogens is 338 g/mol. The van der Waals surface area contributed by atoms with E-state index in [1.165, 1.54) is 0 Å². The molecular formula is C15H27NO9. The summed E-state index contributed by atoms with van der Waals surface area (Å²) in [7, 11) is 0. The number of rotatable bonds is 5. The Morgan fingerprint density at radius 1 is 1.36 bits per heavy atom. The summed E-state index contributed by atoms with van der Waals surface area (Å²) < 4.78 is 10.3. The van der Waals surface area contributed by atoms with Gasteiger partial charge in [0.1, 0.15) is 23.9 Å². The van der Waals surface area contributed by atoms with Gasteiger partial charge in [-0.15, -0.1) is 0 Å². The number of nitrogens with one attached hydrogen (secondary N) is 1. The van der Waals surface area contributed by atoms with Crippen LogP contribution in [0.3, 0.4) is 0 Å². The molecule has 6 N–H and O–H groups in total. The van der Waals surface area contributed by atoms with Crippen LogP contribution in [0.2, 0.25) is 0 Å². The van der Waals surface area contributed by atoms with Gasteiger partial charge in [0.15, 0.2) is 0 Å². The van der Waals surface area contributed by atoms with Gasteiger partial charge in [0.25, 0.3) is 5.79 Å². The number of ether oxygens (including phenoxy) is 2. The number of amides is 1. The van der Waals surface area contributed by atoms with E-state index in [2.05, 4.69) is 5.32 Å². The summed E-state index contributed by atoms with van der Waals surface area (Å²) in [6, 6.07) is -1.23. The van der Waals surface area contributed by atoms with Crippen molar-refractivity contribution in [2.24, 2.45) is 0 Å². The standard InChI is InChI=1S/C15H27NO9/c1-7(18)16-10-8(19)5-15(23,13(22)25-14(2,3)4)24-12(10)11(21)9(20)6-17/h8-12,17,19-21,23H,5-6H2,1-4H3,(H,16,18)/t8-,9+,10+,11+,12+,15?/m0/s1. The molecule has 0 saturated carbocycles. The molecule has 1 rings (SSSR count). The van der Waals surface area contributed by atoms with Crippen molar-refractivity contribution < 1.29 is 44.6 Å². The second-order valence-electron chi connectivity index (χ2n) is 7.11. The minimum atomic E-state index is -2.59.